The second kappa shape index (κ2) is 5.96. The molecule has 0 spiro atoms. The van der Waals surface area contributed by atoms with Crippen molar-refractivity contribution in [3.05, 3.63) is 35.4 Å². The molecule has 1 aromatic rings. The van der Waals surface area contributed by atoms with Gasteiger partial charge >= 0.3 is 0 Å². The van der Waals surface area contributed by atoms with Crippen molar-refractivity contribution in [2.75, 3.05) is 20.1 Å². The summed E-state index contributed by atoms with van der Waals surface area (Å²) < 4.78 is 0. The molecule has 0 saturated carbocycles. The first-order valence-corrected chi connectivity index (χ1v) is 7.48. The topological polar surface area (TPSA) is 32.3 Å². The Hall–Kier alpha value is -1.35. The van der Waals surface area contributed by atoms with Crippen molar-refractivity contribution in [1.29, 1.82) is 0 Å². The normalized spacial score (nSPS) is 19.7. The summed E-state index contributed by atoms with van der Waals surface area (Å²) in [4.78, 5) is 14.4. The van der Waals surface area contributed by atoms with E-state index in [1.807, 2.05) is 24.1 Å². The second-order valence-electron chi connectivity index (χ2n) is 6.74. The van der Waals surface area contributed by atoms with Crippen LogP contribution in [0.1, 0.15) is 49.5 Å². The molecule has 1 N–H and O–H groups in total. The van der Waals surface area contributed by atoms with Crippen LogP contribution in [0.5, 0.6) is 0 Å². The minimum absolute atomic E-state index is 0.124. The van der Waals surface area contributed by atoms with Crippen LogP contribution in [0.4, 0.5) is 0 Å². The molecule has 1 atom stereocenters. The van der Waals surface area contributed by atoms with Crippen molar-refractivity contribution in [1.82, 2.24) is 10.2 Å². The maximum Gasteiger partial charge on any atom is 0.253 e. The Morgan fingerprint density at radius 3 is 2.40 bits per heavy atom. The van der Waals surface area contributed by atoms with E-state index in [0.717, 1.165) is 31.5 Å². The lowest BCUT2D eigenvalue weighted by Gasteiger charge is -2.32. The maximum absolute atomic E-state index is 12.5. The molecule has 1 amide bonds. The van der Waals surface area contributed by atoms with Crippen molar-refractivity contribution >= 4 is 5.91 Å². The van der Waals surface area contributed by atoms with E-state index >= 15 is 0 Å². The first-order valence-electron chi connectivity index (χ1n) is 7.48. The summed E-state index contributed by atoms with van der Waals surface area (Å²) in [5, 5.41) is 3.36. The summed E-state index contributed by atoms with van der Waals surface area (Å²) in [6.45, 7) is 8.53. The highest BCUT2D eigenvalue weighted by Gasteiger charge is 2.23. The number of piperidine rings is 1. The Bertz CT molecular complexity index is 453. The van der Waals surface area contributed by atoms with Crippen LogP contribution < -0.4 is 5.32 Å². The molecule has 110 valence electrons. The second-order valence-corrected chi connectivity index (χ2v) is 6.74. The third kappa shape index (κ3) is 3.40. The molecule has 1 saturated heterocycles. The lowest BCUT2D eigenvalue weighted by Crippen LogP contribution is -2.46. The molecule has 0 aromatic heterocycles. The van der Waals surface area contributed by atoms with Crippen molar-refractivity contribution in [3.8, 4) is 0 Å². The van der Waals surface area contributed by atoms with Crippen molar-refractivity contribution < 1.29 is 4.79 Å². The van der Waals surface area contributed by atoms with Gasteiger partial charge in [-0.15, -0.1) is 0 Å². The summed E-state index contributed by atoms with van der Waals surface area (Å²) in [6.07, 6.45) is 2.24. The molecule has 3 heteroatoms. The fourth-order valence-electron chi connectivity index (χ4n) is 2.65. The molecule has 0 aliphatic carbocycles. The van der Waals surface area contributed by atoms with Gasteiger partial charge in [0.1, 0.15) is 0 Å². The molecule has 0 bridgehead atoms. The lowest BCUT2D eigenvalue weighted by atomic mass is 9.86. The number of nitrogens with zero attached hydrogens (tertiary/aromatic N) is 1. The van der Waals surface area contributed by atoms with Crippen LogP contribution in [0.3, 0.4) is 0 Å². The van der Waals surface area contributed by atoms with Crippen LogP contribution in [0.25, 0.3) is 0 Å². The van der Waals surface area contributed by atoms with Gasteiger partial charge in [-0.1, -0.05) is 32.9 Å². The monoisotopic (exact) mass is 274 g/mol. The van der Waals surface area contributed by atoms with Gasteiger partial charge in [0.15, 0.2) is 0 Å². The predicted molar refractivity (Wildman–Crippen MR) is 83.1 cm³/mol. The van der Waals surface area contributed by atoms with Crippen LogP contribution in [-0.2, 0) is 5.41 Å². The number of carbonyl (C=O) groups excluding carboxylic acids is 1. The quantitative estimate of drug-likeness (QED) is 0.899. The predicted octanol–water partition coefficient (Wildman–Crippen LogP) is 2.81. The number of likely N-dealkylation sites (N-methyl/N-ethyl adjacent to an activating group) is 1. The molecule has 1 aliphatic heterocycles. The van der Waals surface area contributed by atoms with E-state index in [-0.39, 0.29) is 11.3 Å². The number of nitrogens with one attached hydrogen (secondary N) is 1. The molecule has 3 nitrogen and oxygen atoms in total. The van der Waals surface area contributed by atoms with Crippen molar-refractivity contribution in [2.45, 2.75) is 45.1 Å². The van der Waals surface area contributed by atoms with E-state index in [1.165, 1.54) is 5.56 Å². The average Bonchev–Trinajstić information content (AvgIpc) is 2.46. The van der Waals surface area contributed by atoms with Gasteiger partial charge in [-0.2, -0.15) is 0 Å². The van der Waals surface area contributed by atoms with Gasteiger partial charge in [0.2, 0.25) is 0 Å². The van der Waals surface area contributed by atoms with E-state index in [1.54, 1.807) is 0 Å². The van der Waals surface area contributed by atoms with Gasteiger partial charge in [-0.05, 0) is 42.5 Å². The van der Waals surface area contributed by atoms with Crippen molar-refractivity contribution in [3.63, 3.8) is 0 Å². The highest BCUT2D eigenvalue weighted by atomic mass is 16.2. The van der Waals surface area contributed by atoms with E-state index < -0.39 is 0 Å². The molecule has 1 heterocycles. The minimum Gasteiger partial charge on any atom is -0.337 e. The first kappa shape index (κ1) is 15.0. The summed E-state index contributed by atoms with van der Waals surface area (Å²) in [7, 11) is 1.91. The van der Waals surface area contributed by atoms with Gasteiger partial charge in [0.25, 0.3) is 5.91 Å². The van der Waals surface area contributed by atoms with Gasteiger partial charge in [0.05, 0.1) is 0 Å². The molecule has 1 aliphatic rings. The van der Waals surface area contributed by atoms with Crippen LogP contribution in [-0.4, -0.2) is 37.0 Å². The van der Waals surface area contributed by atoms with E-state index in [0.29, 0.717) is 6.04 Å². The first-order chi connectivity index (χ1) is 9.39. The lowest BCUT2D eigenvalue weighted by molar-refractivity contribution is 0.0708. The Morgan fingerprint density at radius 2 is 1.90 bits per heavy atom. The summed E-state index contributed by atoms with van der Waals surface area (Å²) in [5.41, 5.74) is 2.17. The largest absolute Gasteiger partial charge is 0.337 e. The number of hydrogen-bond donors (Lipinski definition) is 1. The van der Waals surface area contributed by atoms with Crippen molar-refractivity contribution in [2.24, 2.45) is 0 Å². The zero-order valence-corrected chi connectivity index (χ0v) is 13.1. The van der Waals surface area contributed by atoms with E-state index in [4.69, 9.17) is 0 Å². The van der Waals surface area contributed by atoms with Gasteiger partial charge in [-0.25, -0.2) is 0 Å². The third-order valence-electron chi connectivity index (χ3n) is 4.14. The zero-order chi connectivity index (χ0) is 14.8. The molecule has 0 unspecified atom stereocenters. The third-order valence-corrected chi connectivity index (χ3v) is 4.14. The fourth-order valence-corrected chi connectivity index (χ4v) is 2.65. The number of rotatable bonds is 2. The molecule has 0 radical (unpaired) electrons. The SMILES string of the molecule is CN(C(=O)c1ccc(C(C)(C)C)cc1)[C@@H]1CCCNC1. The molecule has 2 rings (SSSR count). The minimum atomic E-state index is 0.124. The standard InChI is InChI=1S/C17H26N2O/c1-17(2,3)14-9-7-13(8-10-14)16(20)19(4)15-6-5-11-18-12-15/h7-10,15,18H,5-6,11-12H2,1-4H3/t15-/m1/s1. The Morgan fingerprint density at radius 1 is 1.25 bits per heavy atom. The number of benzene rings is 1. The van der Waals surface area contributed by atoms with Crippen LogP contribution in [0, 0.1) is 0 Å². The molecule has 20 heavy (non-hydrogen) atoms. The smallest absolute Gasteiger partial charge is 0.253 e. The van der Waals surface area contributed by atoms with Crippen LogP contribution >= 0.6 is 0 Å². The van der Waals surface area contributed by atoms with Crippen LogP contribution in [0.2, 0.25) is 0 Å². The number of carbonyl (C=O) groups is 1. The summed E-state index contributed by atoms with van der Waals surface area (Å²) in [5.74, 6) is 0.124. The van der Waals surface area contributed by atoms with Gasteiger partial charge in [0, 0.05) is 25.2 Å². The molecule has 1 fully saturated rings. The summed E-state index contributed by atoms with van der Waals surface area (Å²) in [6, 6.07) is 8.37. The van der Waals surface area contributed by atoms with Crippen LogP contribution in [0.15, 0.2) is 24.3 Å². The van der Waals surface area contributed by atoms with Gasteiger partial charge < -0.3 is 10.2 Å². The highest BCUT2D eigenvalue weighted by Crippen LogP contribution is 2.22. The fraction of sp³-hybridized carbons (Fsp3) is 0.588. The average molecular weight is 274 g/mol. The van der Waals surface area contributed by atoms with Gasteiger partial charge in [-0.3, -0.25) is 4.79 Å². The molecule has 1 aromatic carbocycles. The number of hydrogen-bond acceptors (Lipinski definition) is 2. The Balaban J connectivity index is 2.08. The Kier molecular flexibility index (Phi) is 4.48. The summed E-state index contributed by atoms with van der Waals surface area (Å²) >= 11 is 0. The highest BCUT2D eigenvalue weighted by molar-refractivity contribution is 5.94. The maximum atomic E-state index is 12.5. The molecular weight excluding hydrogens is 248 g/mol. The zero-order valence-electron chi connectivity index (χ0n) is 13.1. The van der Waals surface area contributed by atoms with E-state index in [2.05, 4.69) is 38.2 Å². The Labute approximate surface area is 122 Å². The number of amides is 1. The molecular formula is C17H26N2O. The van der Waals surface area contributed by atoms with E-state index in [9.17, 15) is 4.79 Å².